The number of hydrogen-bond donors (Lipinski definition) is 2. The highest BCUT2D eigenvalue weighted by Crippen LogP contribution is 2.24. The van der Waals surface area contributed by atoms with E-state index in [1.807, 2.05) is 19.1 Å². The Bertz CT molecular complexity index is 898. The summed E-state index contributed by atoms with van der Waals surface area (Å²) in [6, 6.07) is 14.9. The summed E-state index contributed by atoms with van der Waals surface area (Å²) in [7, 11) is 1.66. The van der Waals surface area contributed by atoms with Gasteiger partial charge in [-0.2, -0.15) is 0 Å². The second-order valence-corrected chi connectivity index (χ2v) is 7.40. The van der Waals surface area contributed by atoms with Crippen LogP contribution in [0.25, 0.3) is 0 Å². The molecule has 1 aliphatic rings. The highest BCUT2D eigenvalue weighted by atomic mass is 16.6. The van der Waals surface area contributed by atoms with E-state index in [2.05, 4.69) is 32.7 Å². The fraction of sp³-hybridized carbons (Fsp3) is 0.435. The Balaban J connectivity index is 1.75. The normalized spacial score (nSPS) is 15.8. The Morgan fingerprint density at radius 2 is 1.91 bits per heavy atom. The van der Waals surface area contributed by atoms with Crippen molar-refractivity contribution in [3.63, 3.8) is 0 Å². The topological polar surface area (TPSA) is 101 Å². The molecule has 9 nitrogen and oxygen atoms in total. The number of morpholine rings is 1. The minimum atomic E-state index is -0.372. The van der Waals surface area contributed by atoms with Crippen LogP contribution in [0.3, 0.4) is 0 Å². The third-order valence-electron chi connectivity index (χ3n) is 5.39. The molecule has 2 N–H and O–H groups in total. The molecular weight excluding hydrogens is 410 g/mol. The fourth-order valence-corrected chi connectivity index (χ4v) is 3.69. The number of nitro groups is 1. The van der Waals surface area contributed by atoms with Crippen LogP contribution in [0.5, 0.6) is 5.75 Å². The largest absolute Gasteiger partial charge is 0.497 e. The molecule has 1 saturated heterocycles. The number of methoxy groups -OCH3 is 1. The predicted molar refractivity (Wildman–Crippen MR) is 124 cm³/mol. The average molecular weight is 442 g/mol. The van der Waals surface area contributed by atoms with E-state index in [0.717, 1.165) is 18.8 Å². The fourth-order valence-electron chi connectivity index (χ4n) is 3.69. The van der Waals surface area contributed by atoms with Gasteiger partial charge in [0.2, 0.25) is 0 Å². The van der Waals surface area contributed by atoms with Gasteiger partial charge in [-0.25, -0.2) is 4.99 Å². The molecule has 172 valence electrons. The molecule has 0 aliphatic carbocycles. The van der Waals surface area contributed by atoms with Crippen LogP contribution in [0, 0.1) is 10.1 Å². The first-order valence-corrected chi connectivity index (χ1v) is 10.8. The van der Waals surface area contributed by atoms with Gasteiger partial charge < -0.3 is 20.1 Å². The van der Waals surface area contributed by atoms with E-state index in [-0.39, 0.29) is 23.2 Å². The van der Waals surface area contributed by atoms with Crippen molar-refractivity contribution in [2.75, 3.05) is 46.5 Å². The number of ether oxygens (including phenoxy) is 2. The summed E-state index contributed by atoms with van der Waals surface area (Å²) in [5, 5.41) is 17.9. The molecule has 0 radical (unpaired) electrons. The number of rotatable bonds is 9. The molecule has 3 rings (SSSR count). The van der Waals surface area contributed by atoms with Crippen molar-refractivity contribution < 1.29 is 14.4 Å². The zero-order chi connectivity index (χ0) is 22.8. The molecule has 1 heterocycles. The van der Waals surface area contributed by atoms with Gasteiger partial charge in [-0.3, -0.25) is 15.0 Å². The Kier molecular flexibility index (Phi) is 8.82. The summed E-state index contributed by atoms with van der Waals surface area (Å²) in [5.41, 5.74) is 1.83. The average Bonchev–Trinajstić information content (AvgIpc) is 2.83. The first kappa shape index (κ1) is 23.5. The maximum atomic E-state index is 11.3. The summed E-state index contributed by atoms with van der Waals surface area (Å²) >= 11 is 0. The minimum Gasteiger partial charge on any atom is -0.497 e. The lowest BCUT2D eigenvalue weighted by atomic mass is 10.0. The molecular formula is C23H31N5O4. The molecule has 0 aromatic heterocycles. The van der Waals surface area contributed by atoms with E-state index >= 15 is 0 Å². The highest BCUT2D eigenvalue weighted by molar-refractivity contribution is 5.79. The lowest BCUT2D eigenvalue weighted by molar-refractivity contribution is -0.385. The Hall–Kier alpha value is -3.17. The predicted octanol–water partition coefficient (Wildman–Crippen LogP) is 2.73. The third kappa shape index (κ3) is 6.41. The summed E-state index contributed by atoms with van der Waals surface area (Å²) in [6.07, 6.45) is 0. The lowest BCUT2D eigenvalue weighted by Crippen LogP contribution is -2.46. The molecule has 9 heteroatoms. The zero-order valence-electron chi connectivity index (χ0n) is 18.6. The molecule has 32 heavy (non-hydrogen) atoms. The van der Waals surface area contributed by atoms with Crippen LogP contribution >= 0.6 is 0 Å². The molecule has 0 saturated carbocycles. The van der Waals surface area contributed by atoms with E-state index in [1.165, 1.54) is 11.6 Å². The monoisotopic (exact) mass is 441 g/mol. The first-order valence-electron chi connectivity index (χ1n) is 10.8. The van der Waals surface area contributed by atoms with E-state index in [0.29, 0.717) is 37.8 Å². The third-order valence-corrected chi connectivity index (χ3v) is 5.39. The molecule has 1 unspecified atom stereocenters. The number of para-hydroxylation sites is 1. The van der Waals surface area contributed by atoms with Crippen molar-refractivity contribution >= 4 is 11.6 Å². The zero-order valence-corrected chi connectivity index (χ0v) is 18.6. The van der Waals surface area contributed by atoms with E-state index in [1.54, 1.807) is 25.3 Å². The molecule has 1 fully saturated rings. The second kappa shape index (κ2) is 12.0. The van der Waals surface area contributed by atoms with Gasteiger partial charge in [-0.15, -0.1) is 0 Å². The van der Waals surface area contributed by atoms with Gasteiger partial charge in [0.25, 0.3) is 5.69 Å². The molecule has 0 amide bonds. The Morgan fingerprint density at radius 3 is 2.56 bits per heavy atom. The van der Waals surface area contributed by atoms with Crippen LogP contribution in [0.15, 0.2) is 53.5 Å². The van der Waals surface area contributed by atoms with Crippen LogP contribution in [-0.2, 0) is 11.3 Å². The quantitative estimate of drug-likeness (QED) is 0.267. The van der Waals surface area contributed by atoms with Crippen molar-refractivity contribution in [2.45, 2.75) is 19.5 Å². The standard InChI is InChI=1S/C23H31N5O4/c1-3-24-23(25-16-19-6-4-5-7-21(19)28(29)30)26-17-22(27-12-14-32-15-13-27)18-8-10-20(31-2)11-9-18/h4-11,22H,3,12-17H2,1-2H3,(H2,24,25,26). The van der Waals surface area contributed by atoms with Crippen LogP contribution in [0.2, 0.25) is 0 Å². The number of guanidine groups is 1. The van der Waals surface area contributed by atoms with Gasteiger partial charge in [-0.05, 0) is 24.6 Å². The molecule has 0 spiro atoms. The lowest BCUT2D eigenvalue weighted by Gasteiger charge is -2.35. The van der Waals surface area contributed by atoms with Gasteiger partial charge in [0.15, 0.2) is 5.96 Å². The number of nitrogens with zero attached hydrogens (tertiary/aromatic N) is 3. The smallest absolute Gasteiger partial charge is 0.274 e. The van der Waals surface area contributed by atoms with Crippen molar-refractivity contribution in [3.8, 4) is 5.75 Å². The Morgan fingerprint density at radius 1 is 1.19 bits per heavy atom. The molecule has 2 aromatic rings. The van der Waals surface area contributed by atoms with Gasteiger partial charge in [0.05, 0.1) is 43.4 Å². The summed E-state index contributed by atoms with van der Waals surface area (Å²) in [6.45, 7) is 6.65. The van der Waals surface area contributed by atoms with E-state index in [9.17, 15) is 10.1 Å². The number of aliphatic imine (C=N–C) groups is 1. The molecule has 1 aliphatic heterocycles. The van der Waals surface area contributed by atoms with Crippen LogP contribution in [0.1, 0.15) is 24.1 Å². The maximum absolute atomic E-state index is 11.3. The second-order valence-electron chi connectivity index (χ2n) is 7.40. The summed E-state index contributed by atoms with van der Waals surface area (Å²) in [5.74, 6) is 1.44. The number of benzene rings is 2. The number of nitro benzene ring substituents is 1. The van der Waals surface area contributed by atoms with Crippen molar-refractivity contribution in [3.05, 3.63) is 69.8 Å². The van der Waals surface area contributed by atoms with Crippen molar-refractivity contribution in [1.82, 2.24) is 15.5 Å². The SMILES string of the molecule is CCNC(=NCc1ccccc1[N+](=O)[O-])NCC(c1ccc(OC)cc1)N1CCOCC1. The van der Waals surface area contributed by atoms with Crippen LogP contribution in [-0.4, -0.2) is 62.3 Å². The molecule has 1 atom stereocenters. The highest BCUT2D eigenvalue weighted by Gasteiger charge is 2.23. The summed E-state index contributed by atoms with van der Waals surface area (Å²) < 4.78 is 10.8. The summed E-state index contributed by atoms with van der Waals surface area (Å²) in [4.78, 5) is 17.9. The number of nitrogens with one attached hydrogen (secondary N) is 2. The van der Waals surface area contributed by atoms with Gasteiger partial charge in [0, 0.05) is 32.2 Å². The molecule has 2 aromatic carbocycles. The maximum Gasteiger partial charge on any atom is 0.274 e. The Labute approximate surface area is 188 Å². The molecule has 0 bridgehead atoms. The van der Waals surface area contributed by atoms with Gasteiger partial charge in [-0.1, -0.05) is 30.3 Å². The van der Waals surface area contributed by atoms with Crippen LogP contribution in [0.4, 0.5) is 5.69 Å². The van der Waals surface area contributed by atoms with Gasteiger partial charge >= 0.3 is 0 Å². The van der Waals surface area contributed by atoms with Gasteiger partial charge in [0.1, 0.15) is 5.75 Å². The van der Waals surface area contributed by atoms with Crippen LogP contribution < -0.4 is 15.4 Å². The van der Waals surface area contributed by atoms with E-state index < -0.39 is 0 Å². The van der Waals surface area contributed by atoms with Crippen molar-refractivity contribution in [2.24, 2.45) is 4.99 Å². The minimum absolute atomic E-state index is 0.0801. The van der Waals surface area contributed by atoms with E-state index in [4.69, 9.17) is 9.47 Å². The first-order chi connectivity index (χ1) is 15.6. The van der Waals surface area contributed by atoms with Crippen molar-refractivity contribution in [1.29, 1.82) is 0 Å². The number of hydrogen-bond acceptors (Lipinski definition) is 6.